The van der Waals surface area contributed by atoms with Crippen LogP contribution in [0.15, 0.2) is 33.6 Å². The maximum Gasteiger partial charge on any atom is 0.0311 e. The van der Waals surface area contributed by atoms with Gasteiger partial charge in [0, 0.05) is 20.7 Å². The first kappa shape index (κ1) is 14.4. The molecule has 0 aromatic heterocycles. The van der Waals surface area contributed by atoms with Gasteiger partial charge in [-0.3, -0.25) is 0 Å². The van der Waals surface area contributed by atoms with Crippen LogP contribution in [-0.2, 0) is 0 Å². The third-order valence-electron chi connectivity index (χ3n) is 3.64. The topological polar surface area (TPSA) is 12.0 Å². The fourth-order valence-electron chi connectivity index (χ4n) is 2.66. The summed E-state index contributed by atoms with van der Waals surface area (Å²) in [5, 5.41) is 4.36. The van der Waals surface area contributed by atoms with Crippen molar-refractivity contribution in [1.82, 2.24) is 5.32 Å². The molecule has 100 valence electrons. The van der Waals surface area contributed by atoms with Crippen LogP contribution in [0.5, 0.6) is 0 Å². The van der Waals surface area contributed by atoms with Crippen LogP contribution in [0.25, 0.3) is 0 Å². The van der Waals surface area contributed by atoms with E-state index < -0.39 is 0 Å². The Morgan fingerprint density at radius 3 is 2.83 bits per heavy atom. The monoisotopic (exact) mass is 327 g/mol. The average molecular weight is 328 g/mol. The first-order valence-corrected chi connectivity index (χ1v) is 8.52. The lowest BCUT2D eigenvalue weighted by Gasteiger charge is -2.35. The van der Waals surface area contributed by atoms with Crippen molar-refractivity contribution < 1.29 is 0 Å². The van der Waals surface area contributed by atoms with E-state index in [9.17, 15) is 0 Å². The molecule has 0 saturated heterocycles. The van der Waals surface area contributed by atoms with Crippen LogP contribution in [0.4, 0.5) is 0 Å². The van der Waals surface area contributed by atoms with Crippen molar-refractivity contribution in [2.75, 3.05) is 6.54 Å². The lowest BCUT2D eigenvalue weighted by molar-refractivity contribution is 0.320. The minimum atomic E-state index is 0.670. The number of halogens is 1. The highest BCUT2D eigenvalue weighted by molar-refractivity contribution is 9.10. The molecule has 1 aromatic carbocycles. The molecule has 0 amide bonds. The third-order valence-corrected chi connectivity index (χ3v) is 6.02. The Bertz CT molecular complexity index is 383. The quantitative estimate of drug-likeness (QED) is 0.859. The summed E-state index contributed by atoms with van der Waals surface area (Å²) in [5.41, 5.74) is 0. The minimum absolute atomic E-state index is 0.670. The van der Waals surface area contributed by atoms with Gasteiger partial charge in [0.1, 0.15) is 0 Å². The molecule has 1 N–H and O–H groups in total. The maximum absolute atomic E-state index is 3.66. The van der Waals surface area contributed by atoms with Crippen molar-refractivity contribution in [3.8, 4) is 0 Å². The Balaban J connectivity index is 2.06. The van der Waals surface area contributed by atoms with Crippen LogP contribution in [0, 0.1) is 5.92 Å². The van der Waals surface area contributed by atoms with Gasteiger partial charge in [0.05, 0.1) is 0 Å². The molecule has 0 spiro atoms. The molecule has 1 nitrogen and oxygen atoms in total. The van der Waals surface area contributed by atoms with Gasteiger partial charge in [-0.2, -0.15) is 0 Å². The molecular formula is C15H22BrNS. The van der Waals surface area contributed by atoms with Crippen LogP contribution in [0.2, 0.25) is 0 Å². The van der Waals surface area contributed by atoms with Crippen molar-refractivity contribution in [3.05, 3.63) is 28.7 Å². The van der Waals surface area contributed by atoms with Crippen molar-refractivity contribution in [2.45, 2.75) is 49.3 Å². The smallest absolute Gasteiger partial charge is 0.0311 e. The van der Waals surface area contributed by atoms with E-state index in [-0.39, 0.29) is 0 Å². The molecule has 3 unspecified atom stereocenters. The Labute approximate surface area is 123 Å². The molecule has 0 radical (unpaired) electrons. The molecule has 18 heavy (non-hydrogen) atoms. The van der Waals surface area contributed by atoms with Gasteiger partial charge in [0.2, 0.25) is 0 Å². The first-order chi connectivity index (χ1) is 8.70. The van der Waals surface area contributed by atoms with E-state index in [1.54, 1.807) is 0 Å². The molecule has 0 bridgehead atoms. The first-order valence-electron chi connectivity index (χ1n) is 6.85. The minimum Gasteiger partial charge on any atom is -0.313 e. The van der Waals surface area contributed by atoms with E-state index >= 15 is 0 Å². The standard InChI is InChI=1S/C15H22BrNS/c1-3-17-13-9-8-11(2)10-15(13)18-14-7-5-4-6-12(14)16/h4-7,11,13,15,17H,3,8-10H2,1-2H3. The van der Waals surface area contributed by atoms with Gasteiger partial charge in [0.15, 0.2) is 0 Å². The zero-order chi connectivity index (χ0) is 13.0. The largest absolute Gasteiger partial charge is 0.313 e. The number of rotatable bonds is 4. The Morgan fingerprint density at radius 2 is 2.11 bits per heavy atom. The Morgan fingerprint density at radius 1 is 1.33 bits per heavy atom. The van der Waals surface area contributed by atoms with E-state index in [0.717, 1.165) is 12.5 Å². The summed E-state index contributed by atoms with van der Waals surface area (Å²) >= 11 is 5.69. The average Bonchev–Trinajstić information content (AvgIpc) is 2.36. The lowest BCUT2D eigenvalue weighted by Crippen LogP contribution is -2.42. The van der Waals surface area contributed by atoms with Crippen molar-refractivity contribution in [3.63, 3.8) is 0 Å². The lowest BCUT2D eigenvalue weighted by atomic mass is 9.87. The molecule has 2 rings (SSSR count). The normalized spacial score (nSPS) is 28.3. The molecule has 0 heterocycles. The second-order valence-corrected chi connectivity index (χ2v) is 7.30. The number of thioether (sulfide) groups is 1. The number of benzene rings is 1. The fraction of sp³-hybridized carbons (Fsp3) is 0.600. The molecule has 1 saturated carbocycles. The van der Waals surface area contributed by atoms with Crippen molar-refractivity contribution in [2.24, 2.45) is 5.92 Å². The van der Waals surface area contributed by atoms with Gasteiger partial charge < -0.3 is 5.32 Å². The van der Waals surface area contributed by atoms with Gasteiger partial charge in [-0.15, -0.1) is 11.8 Å². The third kappa shape index (κ3) is 3.75. The summed E-state index contributed by atoms with van der Waals surface area (Å²) in [6, 6.07) is 9.23. The summed E-state index contributed by atoms with van der Waals surface area (Å²) in [6.45, 7) is 5.67. The zero-order valence-electron chi connectivity index (χ0n) is 11.2. The van der Waals surface area contributed by atoms with Crippen LogP contribution in [0.3, 0.4) is 0 Å². The van der Waals surface area contributed by atoms with Gasteiger partial charge in [-0.1, -0.05) is 26.0 Å². The molecular weight excluding hydrogens is 306 g/mol. The molecule has 1 aliphatic carbocycles. The summed E-state index contributed by atoms with van der Waals surface area (Å²) in [7, 11) is 0. The second kappa shape index (κ2) is 6.97. The van der Waals surface area contributed by atoms with Crippen LogP contribution in [-0.4, -0.2) is 17.8 Å². The van der Waals surface area contributed by atoms with Crippen LogP contribution >= 0.6 is 27.7 Å². The number of hydrogen-bond donors (Lipinski definition) is 1. The summed E-state index contributed by atoms with van der Waals surface area (Å²) < 4.78 is 1.23. The molecule has 3 atom stereocenters. The number of hydrogen-bond acceptors (Lipinski definition) is 2. The highest BCUT2D eigenvalue weighted by atomic mass is 79.9. The van der Waals surface area contributed by atoms with Gasteiger partial charge in [-0.05, 0) is 59.8 Å². The Kier molecular flexibility index (Phi) is 5.58. The highest BCUT2D eigenvalue weighted by Gasteiger charge is 2.29. The van der Waals surface area contributed by atoms with Crippen molar-refractivity contribution >= 4 is 27.7 Å². The second-order valence-electron chi connectivity index (χ2n) is 5.17. The van der Waals surface area contributed by atoms with Crippen LogP contribution < -0.4 is 5.32 Å². The molecule has 1 aliphatic rings. The molecule has 1 aromatic rings. The van der Waals surface area contributed by atoms with E-state index in [0.29, 0.717) is 11.3 Å². The molecule has 1 fully saturated rings. The maximum atomic E-state index is 3.66. The summed E-state index contributed by atoms with van der Waals surface area (Å²) in [6.07, 6.45) is 4.01. The molecule has 3 heteroatoms. The summed E-state index contributed by atoms with van der Waals surface area (Å²) in [5.74, 6) is 0.861. The van der Waals surface area contributed by atoms with Crippen molar-refractivity contribution in [1.29, 1.82) is 0 Å². The SMILES string of the molecule is CCNC1CCC(C)CC1Sc1ccccc1Br. The van der Waals surface area contributed by atoms with Gasteiger partial charge in [-0.25, -0.2) is 0 Å². The summed E-state index contributed by atoms with van der Waals surface area (Å²) in [4.78, 5) is 1.37. The number of nitrogens with one attached hydrogen (secondary N) is 1. The molecule has 0 aliphatic heterocycles. The van der Waals surface area contributed by atoms with E-state index in [2.05, 4.69) is 59.4 Å². The van der Waals surface area contributed by atoms with E-state index in [4.69, 9.17) is 0 Å². The van der Waals surface area contributed by atoms with Gasteiger partial charge >= 0.3 is 0 Å². The predicted octanol–water partition coefficient (Wildman–Crippen LogP) is 4.71. The Hall–Kier alpha value is 0.01000. The predicted molar refractivity (Wildman–Crippen MR) is 84.3 cm³/mol. The fourth-order valence-corrected chi connectivity index (χ4v) is 4.71. The highest BCUT2D eigenvalue weighted by Crippen LogP contribution is 2.38. The van der Waals surface area contributed by atoms with Gasteiger partial charge in [0.25, 0.3) is 0 Å². The van der Waals surface area contributed by atoms with E-state index in [1.807, 2.05) is 11.8 Å². The van der Waals surface area contributed by atoms with Crippen LogP contribution in [0.1, 0.15) is 33.1 Å². The van der Waals surface area contributed by atoms with E-state index in [1.165, 1.54) is 28.6 Å². The zero-order valence-corrected chi connectivity index (χ0v) is 13.6.